The highest BCUT2D eigenvalue weighted by molar-refractivity contribution is 5.91. The van der Waals surface area contributed by atoms with Crippen molar-refractivity contribution in [2.75, 3.05) is 18.4 Å². The van der Waals surface area contributed by atoms with Crippen molar-refractivity contribution in [1.29, 1.82) is 0 Å². The van der Waals surface area contributed by atoms with Crippen LogP contribution in [0.2, 0.25) is 0 Å². The topological polar surface area (TPSA) is 32.3 Å². The van der Waals surface area contributed by atoms with Gasteiger partial charge in [0.1, 0.15) is 0 Å². The summed E-state index contributed by atoms with van der Waals surface area (Å²) in [7, 11) is 0. The number of nitrogens with zero attached hydrogens (tertiary/aromatic N) is 1. The van der Waals surface area contributed by atoms with Gasteiger partial charge in [-0.3, -0.25) is 4.79 Å². The predicted molar refractivity (Wildman–Crippen MR) is 74.7 cm³/mol. The fourth-order valence-electron chi connectivity index (χ4n) is 2.43. The quantitative estimate of drug-likeness (QED) is 0.886. The van der Waals surface area contributed by atoms with Gasteiger partial charge in [-0.05, 0) is 51.9 Å². The number of likely N-dealkylation sites (tertiary alicyclic amines) is 1. The van der Waals surface area contributed by atoms with Gasteiger partial charge in [-0.15, -0.1) is 0 Å². The Kier molecular flexibility index (Phi) is 4.37. The summed E-state index contributed by atoms with van der Waals surface area (Å²) in [6.07, 6.45) is 3.11. The number of hydrogen-bond donors (Lipinski definition) is 1. The van der Waals surface area contributed by atoms with E-state index in [9.17, 15) is 4.79 Å². The maximum atomic E-state index is 11.9. The summed E-state index contributed by atoms with van der Waals surface area (Å²) in [5.74, 6) is 0.109. The molecule has 1 saturated heterocycles. The van der Waals surface area contributed by atoms with Gasteiger partial charge in [0.15, 0.2) is 0 Å². The molecular formula is C15H22N2O. The van der Waals surface area contributed by atoms with Crippen LogP contribution in [0.4, 0.5) is 5.69 Å². The number of rotatable bonds is 4. The van der Waals surface area contributed by atoms with Crippen LogP contribution in [0.15, 0.2) is 24.3 Å². The van der Waals surface area contributed by atoms with E-state index in [2.05, 4.69) is 17.1 Å². The van der Waals surface area contributed by atoms with E-state index in [4.69, 9.17) is 0 Å². The molecule has 98 valence electrons. The van der Waals surface area contributed by atoms with Crippen LogP contribution in [-0.4, -0.2) is 29.9 Å². The third-order valence-corrected chi connectivity index (χ3v) is 3.58. The van der Waals surface area contributed by atoms with E-state index in [1.165, 1.54) is 18.4 Å². The highest BCUT2D eigenvalue weighted by Crippen LogP contribution is 2.15. The molecule has 2 rings (SSSR count). The maximum absolute atomic E-state index is 11.9. The third-order valence-electron chi connectivity index (χ3n) is 3.58. The Balaban J connectivity index is 1.82. The van der Waals surface area contributed by atoms with Crippen molar-refractivity contribution in [3.05, 3.63) is 29.8 Å². The average Bonchev–Trinajstić information content (AvgIpc) is 2.85. The van der Waals surface area contributed by atoms with E-state index in [-0.39, 0.29) is 5.91 Å². The smallest absolute Gasteiger partial charge is 0.225 e. The van der Waals surface area contributed by atoms with Gasteiger partial charge in [0.05, 0.1) is 0 Å². The Labute approximate surface area is 109 Å². The maximum Gasteiger partial charge on any atom is 0.225 e. The lowest BCUT2D eigenvalue weighted by molar-refractivity contribution is -0.117. The normalized spacial score (nSPS) is 17.7. The molecule has 1 atom stereocenters. The molecule has 3 nitrogen and oxygen atoms in total. The number of amides is 1. The SMILES string of the molecule is Cc1ccc(NC(=O)C[C@@H](C)N2CCCC2)cc1. The van der Waals surface area contributed by atoms with Gasteiger partial charge in [0.25, 0.3) is 0 Å². The van der Waals surface area contributed by atoms with Crippen LogP contribution >= 0.6 is 0 Å². The van der Waals surface area contributed by atoms with Crippen molar-refractivity contribution in [1.82, 2.24) is 4.90 Å². The van der Waals surface area contributed by atoms with Gasteiger partial charge in [0, 0.05) is 18.2 Å². The molecule has 1 fully saturated rings. The molecule has 18 heavy (non-hydrogen) atoms. The average molecular weight is 246 g/mol. The molecule has 1 N–H and O–H groups in total. The Morgan fingerprint density at radius 2 is 1.89 bits per heavy atom. The summed E-state index contributed by atoms with van der Waals surface area (Å²) < 4.78 is 0. The Bertz CT molecular complexity index is 393. The molecule has 3 heteroatoms. The number of anilines is 1. The summed E-state index contributed by atoms with van der Waals surface area (Å²) in [5, 5.41) is 2.96. The van der Waals surface area contributed by atoms with Crippen molar-refractivity contribution < 1.29 is 4.79 Å². The molecule has 1 aliphatic heterocycles. The van der Waals surface area contributed by atoms with Crippen molar-refractivity contribution in [3.63, 3.8) is 0 Å². The third kappa shape index (κ3) is 3.57. The lowest BCUT2D eigenvalue weighted by Gasteiger charge is -2.23. The molecule has 0 radical (unpaired) electrons. The molecule has 1 amide bonds. The number of benzene rings is 1. The summed E-state index contributed by atoms with van der Waals surface area (Å²) in [5.41, 5.74) is 2.10. The fraction of sp³-hybridized carbons (Fsp3) is 0.533. The molecule has 1 heterocycles. The van der Waals surface area contributed by atoms with Gasteiger partial charge in [-0.2, -0.15) is 0 Å². The van der Waals surface area contributed by atoms with E-state index in [1.54, 1.807) is 0 Å². The monoisotopic (exact) mass is 246 g/mol. The number of aryl methyl sites for hydroxylation is 1. The van der Waals surface area contributed by atoms with Crippen molar-refractivity contribution in [2.24, 2.45) is 0 Å². The van der Waals surface area contributed by atoms with Crippen LogP contribution < -0.4 is 5.32 Å². The zero-order valence-electron chi connectivity index (χ0n) is 11.3. The predicted octanol–water partition coefficient (Wildman–Crippen LogP) is 2.81. The van der Waals surface area contributed by atoms with E-state index in [0.717, 1.165) is 18.8 Å². The van der Waals surface area contributed by atoms with Gasteiger partial charge in [-0.25, -0.2) is 0 Å². The lowest BCUT2D eigenvalue weighted by Crippen LogP contribution is -2.33. The van der Waals surface area contributed by atoms with E-state index < -0.39 is 0 Å². The van der Waals surface area contributed by atoms with Crippen molar-refractivity contribution in [3.8, 4) is 0 Å². The Morgan fingerprint density at radius 3 is 2.50 bits per heavy atom. The zero-order valence-corrected chi connectivity index (χ0v) is 11.3. The number of hydrogen-bond acceptors (Lipinski definition) is 2. The van der Waals surface area contributed by atoms with E-state index >= 15 is 0 Å². The summed E-state index contributed by atoms with van der Waals surface area (Å²) in [4.78, 5) is 14.3. The first-order valence-electron chi connectivity index (χ1n) is 6.76. The van der Waals surface area contributed by atoms with Crippen LogP contribution in [0.5, 0.6) is 0 Å². The molecule has 0 unspecified atom stereocenters. The second kappa shape index (κ2) is 6.01. The Morgan fingerprint density at radius 1 is 1.28 bits per heavy atom. The summed E-state index contributed by atoms with van der Waals surface area (Å²) >= 11 is 0. The number of carbonyl (C=O) groups is 1. The summed E-state index contributed by atoms with van der Waals surface area (Å²) in [6.45, 7) is 6.46. The molecule has 0 bridgehead atoms. The zero-order chi connectivity index (χ0) is 13.0. The van der Waals surface area contributed by atoms with Crippen LogP contribution in [0.25, 0.3) is 0 Å². The van der Waals surface area contributed by atoms with Crippen LogP contribution in [0.1, 0.15) is 31.7 Å². The first-order valence-corrected chi connectivity index (χ1v) is 6.76. The molecule has 1 aromatic carbocycles. The second-order valence-corrected chi connectivity index (χ2v) is 5.21. The first-order chi connectivity index (χ1) is 8.65. The largest absolute Gasteiger partial charge is 0.326 e. The molecule has 0 saturated carbocycles. The van der Waals surface area contributed by atoms with Crippen LogP contribution in [0, 0.1) is 6.92 Å². The van der Waals surface area contributed by atoms with Gasteiger partial charge in [-0.1, -0.05) is 17.7 Å². The highest BCUT2D eigenvalue weighted by atomic mass is 16.1. The molecule has 0 spiro atoms. The van der Waals surface area contributed by atoms with Gasteiger partial charge in [0.2, 0.25) is 5.91 Å². The molecule has 1 aromatic rings. The number of carbonyl (C=O) groups excluding carboxylic acids is 1. The standard InChI is InChI=1S/C15H22N2O/c1-12-5-7-14(8-6-12)16-15(18)11-13(2)17-9-3-4-10-17/h5-8,13H,3-4,9-11H2,1-2H3,(H,16,18)/t13-/m1/s1. The fourth-order valence-corrected chi connectivity index (χ4v) is 2.43. The van der Waals surface area contributed by atoms with Gasteiger partial charge < -0.3 is 10.2 Å². The van der Waals surface area contributed by atoms with E-state index in [0.29, 0.717) is 12.5 Å². The van der Waals surface area contributed by atoms with Crippen molar-refractivity contribution >= 4 is 11.6 Å². The lowest BCUT2D eigenvalue weighted by atomic mass is 10.2. The van der Waals surface area contributed by atoms with Crippen LogP contribution in [0.3, 0.4) is 0 Å². The van der Waals surface area contributed by atoms with Crippen molar-refractivity contribution in [2.45, 2.75) is 39.2 Å². The molecule has 1 aliphatic rings. The van der Waals surface area contributed by atoms with E-state index in [1.807, 2.05) is 31.2 Å². The highest BCUT2D eigenvalue weighted by Gasteiger charge is 2.20. The minimum absolute atomic E-state index is 0.109. The summed E-state index contributed by atoms with van der Waals surface area (Å²) in [6, 6.07) is 8.28. The molecular weight excluding hydrogens is 224 g/mol. The Hall–Kier alpha value is -1.35. The first kappa shape index (κ1) is 13.1. The molecule has 0 aromatic heterocycles. The van der Waals surface area contributed by atoms with Gasteiger partial charge >= 0.3 is 0 Å². The van der Waals surface area contributed by atoms with Crippen LogP contribution in [-0.2, 0) is 4.79 Å². The second-order valence-electron chi connectivity index (χ2n) is 5.21. The number of nitrogens with one attached hydrogen (secondary N) is 1. The minimum atomic E-state index is 0.109. The molecule has 0 aliphatic carbocycles. The minimum Gasteiger partial charge on any atom is -0.326 e.